The highest BCUT2D eigenvalue weighted by atomic mass is 16.5. The third-order valence-corrected chi connectivity index (χ3v) is 2.00. The molecule has 2 heterocycles. The van der Waals surface area contributed by atoms with Crippen molar-refractivity contribution in [1.29, 1.82) is 0 Å². The highest BCUT2D eigenvalue weighted by molar-refractivity contribution is 5.93. The Morgan fingerprint density at radius 1 is 1.47 bits per heavy atom. The molecule has 0 saturated carbocycles. The first-order valence-corrected chi connectivity index (χ1v) is 5.02. The lowest BCUT2D eigenvalue weighted by Crippen LogP contribution is -2.06. The monoisotopic (exact) mass is 233 g/mol. The van der Waals surface area contributed by atoms with E-state index in [-0.39, 0.29) is 18.0 Å². The fourth-order valence-corrected chi connectivity index (χ4v) is 1.27. The number of nitrogen functional groups attached to an aromatic ring is 1. The average molecular weight is 233 g/mol. The molecule has 2 aromatic heterocycles. The quantitative estimate of drug-likeness (QED) is 0.772. The topological polar surface area (TPSA) is 95.9 Å². The van der Waals surface area contributed by atoms with Gasteiger partial charge in [0.25, 0.3) is 5.95 Å². The predicted molar refractivity (Wildman–Crippen MR) is 59.5 cm³/mol. The van der Waals surface area contributed by atoms with Crippen molar-refractivity contribution in [2.45, 2.75) is 6.92 Å². The maximum Gasteiger partial charge on any atom is 0.343 e. The zero-order valence-corrected chi connectivity index (χ0v) is 9.20. The molecule has 2 aromatic rings. The van der Waals surface area contributed by atoms with Crippen LogP contribution in [0.3, 0.4) is 0 Å². The first kappa shape index (κ1) is 11.1. The molecule has 0 aliphatic rings. The van der Waals surface area contributed by atoms with Crippen LogP contribution in [0.15, 0.2) is 24.7 Å². The van der Waals surface area contributed by atoms with Crippen molar-refractivity contribution in [3.05, 3.63) is 30.2 Å². The van der Waals surface area contributed by atoms with Gasteiger partial charge in [-0.05, 0) is 13.0 Å². The number of nitrogens with two attached hydrogens (primary N) is 1. The number of hydrogen-bond acceptors (Lipinski definition) is 6. The minimum absolute atomic E-state index is 0.0934. The molecule has 7 nitrogen and oxygen atoms in total. The van der Waals surface area contributed by atoms with Gasteiger partial charge in [-0.2, -0.15) is 0 Å². The standard InChI is InChI=1S/C10H11N5O2/c1-2-17-9(16)7-6-15(14-8(7)11)10-12-4-3-5-13-10/h3-6H,2H2,1H3,(H2,11,14). The van der Waals surface area contributed by atoms with E-state index in [0.717, 1.165) is 0 Å². The smallest absolute Gasteiger partial charge is 0.343 e. The van der Waals surface area contributed by atoms with Crippen molar-refractivity contribution < 1.29 is 9.53 Å². The van der Waals surface area contributed by atoms with Gasteiger partial charge in [0.2, 0.25) is 0 Å². The molecule has 0 saturated heterocycles. The van der Waals surface area contributed by atoms with Crippen molar-refractivity contribution in [2.75, 3.05) is 12.3 Å². The number of ether oxygens (including phenoxy) is 1. The summed E-state index contributed by atoms with van der Waals surface area (Å²) in [7, 11) is 0. The van der Waals surface area contributed by atoms with Gasteiger partial charge in [0.15, 0.2) is 5.82 Å². The molecule has 17 heavy (non-hydrogen) atoms. The van der Waals surface area contributed by atoms with E-state index in [0.29, 0.717) is 5.95 Å². The van der Waals surface area contributed by atoms with Gasteiger partial charge in [0.05, 0.1) is 12.8 Å². The molecular weight excluding hydrogens is 222 g/mol. The van der Waals surface area contributed by atoms with Gasteiger partial charge >= 0.3 is 5.97 Å². The van der Waals surface area contributed by atoms with Crippen molar-refractivity contribution in [3.8, 4) is 5.95 Å². The second-order valence-corrected chi connectivity index (χ2v) is 3.14. The Balaban J connectivity index is 2.34. The molecular formula is C10H11N5O2. The Morgan fingerprint density at radius 3 is 2.82 bits per heavy atom. The van der Waals surface area contributed by atoms with E-state index in [4.69, 9.17) is 10.5 Å². The zero-order chi connectivity index (χ0) is 12.3. The Morgan fingerprint density at radius 2 is 2.18 bits per heavy atom. The van der Waals surface area contributed by atoms with Crippen LogP contribution in [0.5, 0.6) is 0 Å². The molecule has 0 aromatic carbocycles. The zero-order valence-electron chi connectivity index (χ0n) is 9.20. The molecule has 2 N–H and O–H groups in total. The number of carbonyl (C=O) groups excluding carboxylic acids is 1. The SMILES string of the molecule is CCOC(=O)c1cn(-c2ncccn2)nc1N. The van der Waals surface area contributed by atoms with E-state index >= 15 is 0 Å². The maximum atomic E-state index is 11.5. The van der Waals surface area contributed by atoms with Crippen LogP contribution in [0.25, 0.3) is 5.95 Å². The third-order valence-electron chi connectivity index (χ3n) is 2.00. The molecule has 7 heteroatoms. The summed E-state index contributed by atoms with van der Waals surface area (Å²) in [6, 6.07) is 1.68. The second-order valence-electron chi connectivity index (χ2n) is 3.14. The highest BCUT2D eigenvalue weighted by Crippen LogP contribution is 2.12. The molecule has 0 atom stereocenters. The third kappa shape index (κ3) is 2.22. The molecule has 0 radical (unpaired) electrons. The van der Waals surface area contributed by atoms with Gasteiger partial charge in [-0.3, -0.25) is 0 Å². The van der Waals surface area contributed by atoms with Crippen LogP contribution < -0.4 is 5.73 Å². The molecule has 0 fully saturated rings. The van der Waals surface area contributed by atoms with Crippen LogP contribution in [0.2, 0.25) is 0 Å². The van der Waals surface area contributed by atoms with Gasteiger partial charge in [-0.1, -0.05) is 0 Å². The summed E-state index contributed by atoms with van der Waals surface area (Å²) in [5, 5.41) is 3.95. The van der Waals surface area contributed by atoms with E-state index in [1.54, 1.807) is 25.4 Å². The predicted octanol–water partition coefficient (Wildman–Crippen LogP) is 0.421. The fraction of sp³-hybridized carbons (Fsp3) is 0.200. The first-order chi connectivity index (χ1) is 8.22. The Kier molecular flexibility index (Phi) is 2.99. The van der Waals surface area contributed by atoms with Gasteiger partial charge in [-0.25, -0.2) is 19.4 Å². The normalized spacial score (nSPS) is 10.2. The van der Waals surface area contributed by atoms with Crippen molar-refractivity contribution in [3.63, 3.8) is 0 Å². The minimum atomic E-state index is -0.507. The molecule has 88 valence electrons. The Hall–Kier alpha value is -2.44. The minimum Gasteiger partial charge on any atom is -0.462 e. The molecule has 0 spiro atoms. The first-order valence-electron chi connectivity index (χ1n) is 5.02. The van der Waals surface area contributed by atoms with Crippen LogP contribution >= 0.6 is 0 Å². The van der Waals surface area contributed by atoms with Crippen LogP contribution in [-0.4, -0.2) is 32.3 Å². The van der Waals surface area contributed by atoms with E-state index in [1.807, 2.05) is 0 Å². The summed E-state index contributed by atoms with van der Waals surface area (Å²) in [5.74, 6) is -0.0715. The van der Waals surface area contributed by atoms with Gasteiger partial charge < -0.3 is 10.5 Å². The van der Waals surface area contributed by atoms with Crippen LogP contribution in [0.1, 0.15) is 17.3 Å². The summed E-state index contributed by atoms with van der Waals surface area (Å²) in [5.41, 5.74) is 5.83. The highest BCUT2D eigenvalue weighted by Gasteiger charge is 2.16. The summed E-state index contributed by atoms with van der Waals surface area (Å²) < 4.78 is 6.18. The van der Waals surface area contributed by atoms with Crippen molar-refractivity contribution in [2.24, 2.45) is 0 Å². The number of carbonyl (C=O) groups is 1. The van der Waals surface area contributed by atoms with E-state index in [9.17, 15) is 4.79 Å². The molecule has 0 bridgehead atoms. The largest absolute Gasteiger partial charge is 0.462 e. The van der Waals surface area contributed by atoms with Gasteiger partial charge in [0.1, 0.15) is 5.56 Å². The second kappa shape index (κ2) is 4.60. The Labute approximate surface area is 97.2 Å². The van der Waals surface area contributed by atoms with E-state index < -0.39 is 5.97 Å². The molecule has 0 amide bonds. The van der Waals surface area contributed by atoms with Gasteiger partial charge in [0, 0.05) is 12.4 Å². The van der Waals surface area contributed by atoms with Gasteiger partial charge in [-0.15, -0.1) is 5.10 Å². The summed E-state index contributed by atoms with van der Waals surface area (Å²) in [6.45, 7) is 2.00. The lowest BCUT2D eigenvalue weighted by molar-refractivity contribution is 0.0527. The lowest BCUT2D eigenvalue weighted by atomic mass is 10.3. The van der Waals surface area contributed by atoms with Crippen LogP contribution in [0, 0.1) is 0 Å². The number of hydrogen-bond donors (Lipinski definition) is 1. The van der Waals surface area contributed by atoms with Crippen molar-refractivity contribution >= 4 is 11.8 Å². The lowest BCUT2D eigenvalue weighted by Gasteiger charge is -1.97. The van der Waals surface area contributed by atoms with E-state index in [1.165, 1.54) is 10.9 Å². The molecule has 0 aliphatic heterocycles. The molecule has 0 unspecified atom stereocenters. The summed E-state index contributed by atoms with van der Waals surface area (Å²) >= 11 is 0. The van der Waals surface area contributed by atoms with E-state index in [2.05, 4.69) is 15.1 Å². The number of aromatic nitrogens is 4. The fourth-order valence-electron chi connectivity index (χ4n) is 1.27. The van der Waals surface area contributed by atoms with Crippen LogP contribution in [-0.2, 0) is 4.74 Å². The number of nitrogens with zero attached hydrogens (tertiary/aromatic N) is 4. The number of esters is 1. The molecule has 2 rings (SSSR count). The van der Waals surface area contributed by atoms with Crippen LogP contribution in [0.4, 0.5) is 5.82 Å². The average Bonchev–Trinajstić information content (AvgIpc) is 2.73. The van der Waals surface area contributed by atoms with Crippen molar-refractivity contribution in [1.82, 2.24) is 19.7 Å². The Bertz CT molecular complexity index is 523. The maximum absolute atomic E-state index is 11.5. The summed E-state index contributed by atoms with van der Waals surface area (Å²) in [4.78, 5) is 19.5. The number of rotatable bonds is 3. The summed E-state index contributed by atoms with van der Waals surface area (Å²) in [6.07, 6.45) is 4.59. The molecule has 0 aliphatic carbocycles. The number of anilines is 1.